The molecule has 164 valence electrons. The van der Waals surface area contributed by atoms with Crippen LogP contribution in [0.5, 0.6) is 0 Å². The van der Waals surface area contributed by atoms with Crippen molar-refractivity contribution in [3.63, 3.8) is 0 Å². The predicted molar refractivity (Wildman–Crippen MR) is 123 cm³/mol. The molecule has 1 saturated heterocycles. The molecule has 1 aliphatic heterocycles. The van der Waals surface area contributed by atoms with Crippen molar-refractivity contribution in [2.75, 3.05) is 18.5 Å². The van der Waals surface area contributed by atoms with E-state index >= 15 is 0 Å². The van der Waals surface area contributed by atoms with Crippen LogP contribution in [0, 0.1) is 6.92 Å². The maximum absolute atomic E-state index is 12.8. The van der Waals surface area contributed by atoms with Gasteiger partial charge in [0.2, 0.25) is 11.9 Å². The highest BCUT2D eigenvalue weighted by Gasteiger charge is 2.16. The summed E-state index contributed by atoms with van der Waals surface area (Å²) in [5.74, 6) is -0.0868. The quantitative estimate of drug-likeness (QED) is 0.470. The van der Waals surface area contributed by atoms with Gasteiger partial charge in [-0.2, -0.15) is 0 Å². The summed E-state index contributed by atoms with van der Waals surface area (Å²) in [5, 5.41) is 9.23. The summed E-state index contributed by atoms with van der Waals surface area (Å²) in [5.41, 5.74) is 3.08. The molecule has 8 heteroatoms. The molecule has 1 heterocycles. The third-order valence-electron chi connectivity index (χ3n) is 4.84. The van der Waals surface area contributed by atoms with E-state index in [0.29, 0.717) is 35.3 Å². The fourth-order valence-electron chi connectivity index (χ4n) is 3.12. The largest absolute Gasteiger partial charge is 0.376 e. The van der Waals surface area contributed by atoms with Gasteiger partial charge in [-0.15, -0.1) is 0 Å². The highest BCUT2D eigenvalue weighted by molar-refractivity contribution is 6.34. The molecule has 2 amide bonds. The first-order chi connectivity index (χ1) is 14.9. The molecule has 2 aromatic carbocycles. The predicted octanol–water partition coefficient (Wildman–Crippen LogP) is 3.66. The lowest BCUT2D eigenvalue weighted by atomic mass is 10.1. The maximum Gasteiger partial charge on any atom is 0.257 e. The summed E-state index contributed by atoms with van der Waals surface area (Å²) in [6.07, 6.45) is 2.02. The minimum absolute atomic E-state index is 0.0512. The van der Waals surface area contributed by atoms with Crippen molar-refractivity contribution in [1.29, 1.82) is 0 Å². The number of amides is 2. The second-order valence-corrected chi connectivity index (χ2v) is 7.90. The summed E-state index contributed by atoms with van der Waals surface area (Å²) in [4.78, 5) is 28.4. The van der Waals surface area contributed by atoms with Crippen molar-refractivity contribution in [2.24, 2.45) is 4.99 Å². The van der Waals surface area contributed by atoms with E-state index in [9.17, 15) is 9.59 Å². The molecule has 3 rings (SSSR count). The number of guanidine groups is 1. The monoisotopic (exact) mass is 442 g/mol. The van der Waals surface area contributed by atoms with E-state index in [4.69, 9.17) is 16.3 Å². The molecule has 1 aliphatic rings. The maximum atomic E-state index is 12.8. The normalized spacial score (nSPS) is 16.1. The fourth-order valence-corrected chi connectivity index (χ4v) is 3.40. The average Bonchev–Trinajstić information content (AvgIpc) is 3.26. The van der Waals surface area contributed by atoms with Gasteiger partial charge in [0.25, 0.3) is 5.91 Å². The molecule has 0 bridgehead atoms. The van der Waals surface area contributed by atoms with Gasteiger partial charge in [-0.05, 0) is 55.2 Å². The number of halogens is 1. The minimum atomic E-state index is -0.298. The van der Waals surface area contributed by atoms with Crippen molar-refractivity contribution in [2.45, 2.75) is 39.3 Å². The Labute approximate surface area is 187 Å². The number of anilines is 1. The summed E-state index contributed by atoms with van der Waals surface area (Å²) < 4.78 is 5.63. The van der Waals surface area contributed by atoms with Crippen molar-refractivity contribution in [3.05, 3.63) is 64.2 Å². The Morgan fingerprint density at radius 1 is 1.19 bits per heavy atom. The van der Waals surface area contributed by atoms with Crippen LogP contribution in [0.2, 0.25) is 5.02 Å². The lowest BCUT2D eigenvalue weighted by Crippen LogP contribution is -2.36. The fraction of sp³-hybridized carbons (Fsp3) is 0.348. The van der Waals surface area contributed by atoms with Crippen molar-refractivity contribution >= 4 is 35.1 Å². The Kier molecular flexibility index (Phi) is 8.03. The molecule has 0 radical (unpaired) electrons. The van der Waals surface area contributed by atoms with Gasteiger partial charge < -0.3 is 15.4 Å². The summed E-state index contributed by atoms with van der Waals surface area (Å²) in [7, 11) is 0. The molecule has 0 unspecified atom stereocenters. The number of aryl methyl sites for hydroxylation is 1. The zero-order valence-electron chi connectivity index (χ0n) is 17.7. The van der Waals surface area contributed by atoms with Crippen LogP contribution in [0.4, 0.5) is 5.69 Å². The molecular formula is C23H27ClN4O3. The number of carbonyl (C=O) groups excluding carboxylic acids is 2. The smallest absolute Gasteiger partial charge is 0.257 e. The van der Waals surface area contributed by atoms with Gasteiger partial charge in [-0.25, -0.2) is 4.99 Å². The molecule has 3 N–H and O–H groups in total. The van der Waals surface area contributed by atoms with Gasteiger partial charge in [-0.1, -0.05) is 29.8 Å². The average molecular weight is 443 g/mol. The van der Waals surface area contributed by atoms with E-state index < -0.39 is 0 Å². The molecule has 0 spiro atoms. The summed E-state index contributed by atoms with van der Waals surface area (Å²) in [6.45, 7) is 5.02. The minimum Gasteiger partial charge on any atom is -0.376 e. The number of carbonyl (C=O) groups is 2. The first kappa shape index (κ1) is 22.8. The van der Waals surface area contributed by atoms with Gasteiger partial charge >= 0.3 is 0 Å². The molecule has 0 aromatic heterocycles. The van der Waals surface area contributed by atoms with Crippen molar-refractivity contribution < 1.29 is 14.3 Å². The van der Waals surface area contributed by atoms with Crippen LogP contribution >= 0.6 is 11.6 Å². The number of hydrogen-bond donors (Lipinski definition) is 3. The van der Waals surface area contributed by atoms with E-state index in [1.54, 1.807) is 24.3 Å². The van der Waals surface area contributed by atoms with E-state index in [0.717, 1.165) is 30.6 Å². The van der Waals surface area contributed by atoms with Gasteiger partial charge in [-0.3, -0.25) is 14.9 Å². The number of hydrogen-bond acceptors (Lipinski definition) is 4. The standard InChI is InChI=1S/C23H27ClN4O3/c1-15-5-10-21(20(24)12-15)27-23(26-14-19-4-3-11-31-19)28-22(30)18-8-6-17(7-9-18)13-25-16(2)29/h5-10,12,19H,3-4,11,13-14H2,1-2H3,(H,25,29)(H2,26,27,28,30)/t19-/m0/s1. The highest BCUT2D eigenvalue weighted by atomic mass is 35.5. The Balaban J connectivity index is 1.71. The SMILES string of the molecule is CC(=O)NCc1ccc(C(=O)NC(=NC[C@@H]2CCCO2)Nc2ccc(C)cc2Cl)cc1. The van der Waals surface area contributed by atoms with Crippen molar-refractivity contribution in [3.8, 4) is 0 Å². The van der Waals surface area contributed by atoms with Crippen LogP contribution < -0.4 is 16.0 Å². The lowest BCUT2D eigenvalue weighted by molar-refractivity contribution is -0.119. The topological polar surface area (TPSA) is 91.8 Å². The van der Waals surface area contributed by atoms with Gasteiger partial charge in [0, 0.05) is 25.6 Å². The third-order valence-corrected chi connectivity index (χ3v) is 5.16. The number of aliphatic imine (C=N–C) groups is 1. The van der Waals surface area contributed by atoms with E-state index in [-0.39, 0.29) is 17.9 Å². The zero-order chi connectivity index (χ0) is 22.2. The van der Waals surface area contributed by atoms with Gasteiger partial charge in [0.05, 0.1) is 23.4 Å². The Morgan fingerprint density at radius 3 is 2.61 bits per heavy atom. The van der Waals surface area contributed by atoms with Crippen LogP contribution in [-0.4, -0.2) is 37.0 Å². The van der Waals surface area contributed by atoms with Crippen LogP contribution in [0.1, 0.15) is 41.3 Å². The number of benzene rings is 2. The van der Waals surface area contributed by atoms with Crippen molar-refractivity contribution in [1.82, 2.24) is 10.6 Å². The molecule has 1 fully saturated rings. The molecule has 7 nitrogen and oxygen atoms in total. The lowest BCUT2D eigenvalue weighted by Gasteiger charge is -2.15. The Bertz CT molecular complexity index is 954. The van der Waals surface area contributed by atoms with Crippen LogP contribution in [0.3, 0.4) is 0 Å². The summed E-state index contributed by atoms with van der Waals surface area (Å²) in [6, 6.07) is 12.7. The molecule has 0 saturated carbocycles. The van der Waals surface area contributed by atoms with Crippen LogP contribution in [0.25, 0.3) is 0 Å². The Hall–Kier alpha value is -2.90. The summed E-state index contributed by atoms with van der Waals surface area (Å²) >= 11 is 6.34. The molecule has 0 aliphatic carbocycles. The van der Waals surface area contributed by atoms with Gasteiger partial charge in [0.1, 0.15) is 0 Å². The van der Waals surface area contributed by atoms with Crippen LogP contribution in [-0.2, 0) is 16.1 Å². The first-order valence-corrected chi connectivity index (χ1v) is 10.6. The molecule has 1 atom stereocenters. The molecule has 31 heavy (non-hydrogen) atoms. The van der Waals surface area contributed by atoms with Crippen LogP contribution in [0.15, 0.2) is 47.5 Å². The highest BCUT2D eigenvalue weighted by Crippen LogP contribution is 2.22. The van der Waals surface area contributed by atoms with E-state index in [1.165, 1.54) is 6.92 Å². The number of rotatable bonds is 6. The number of nitrogens with zero attached hydrogens (tertiary/aromatic N) is 1. The first-order valence-electron chi connectivity index (χ1n) is 10.2. The second kappa shape index (κ2) is 10.9. The van der Waals surface area contributed by atoms with E-state index in [2.05, 4.69) is 20.9 Å². The Morgan fingerprint density at radius 2 is 1.97 bits per heavy atom. The molecular weight excluding hydrogens is 416 g/mol. The number of nitrogens with one attached hydrogen (secondary N) is 3. The second-order valence-electron chi connectivity index (χ2n) is 7.49. The third kappa shape index (κ3) is 7.08. The number of ether oxygens (including phenoxy) is 1. The van der Waals surface area contributed by atoms with Gasteiger partial charge in [0.15, 0.2) is 0 Å². The van der Waals surface area contributed by atoms with E-state index in [1.807, 2.05) is 25.1 Å². The zero-order valence-corrected chi connectivity index (χ0v) is 18.5. The molecule has 2 aromatic rings.